The maximum Gasteiger partial charge on any atom is 0.250 e. The molecule has 1 fully saturated rings. The zero-order valence-corrected chi connectivity index (χ0v) is 11.6. The third-order valence-electron chi connectivity index (χ3n) is 3.84. The highest BCUT2D eigenvalue weighted by molar-refractivity contribution is 6.20. The zero-order valence-electron chi connectivity index (χ0n) is 10.9. The highest BCUT2D eigenvalue weighted by Crippen LogP contribution is 2.23. The Morgan fingerprint density at radius 3 is 2.67 bits per heavy atom. The Bertz CT molecular complexity index is 422. The van der Waals surface area contributed by atoms with Gasteiger partial charge < -0.3 is 9.47 Å². The normalized spacial score (nSPS) is 19.9. The number of aromatic nitrogens is 1. The van der Waals surface area contributed by atoms with E-state index in [1.54, 1.807) is 16.7 Å². The molecule has 1 aliphatic heterocycles. The van der Waals surface area contributed by atoms with Crippen molar-refractivity contribution >= 4 is 11.6 Å². The molecule has 1 aliphatic rings. The molecule has 100 valence electrons. The van der Waals surface area contributed by atoms with Crippen LogP contribution >= 0.6 is 11.6 Å². The number of halogens is 1. The average Bonchev–Trinajstić information content (AvgIpc) is 2.38. The summed E-state index contributed by atoms with van der Waals surface area (Å²) < 4.78 is 1.77. The summed E-state index contributed by atoms with van der Waals surface area (Å²) in [5.74, 6) is 0.655. The Morgan fingerprint density at radius 2 is 2.06 bits per heavy atom. The summed E-state index contributed by atoms with van der Waals surface area (Å²) in [6.07, 6.45) is 4.21. The van der Waals surface area contributed by atoms with Crippen LogP contribution < -0.4 is 5.56 Å². The Hall–Kier alpha value is -0.800. The van der Waals surface area contributed by atoms with Crippen LogP contribution in [0.4, 0.5) is 0 Å². The van der Waals surface area contributed by atoms with Gasteiger partial charge in [0.25, 0.3) is 5.56 Å². The van der Waals surface area contributed by atoms with E-state index >= 15 is 0 Å². The van der Waals surface area contributed by atoms with Crippen molar-refractivity contribution in [2.75, 3.05) is 19.6 Å². The summed E-state index contributed by atoms with van der Waals surface area (Å²) in [6.45, 7) is 6.02. The van der Waals surface area contributed by atoms with Crippen LogP contribution in [0.15, 0.2) is 29.2 Å². The first-order valence-electron chi connectivity index (χ1n) is 6.68. The Balaban J connectivity index is 1.79. The lowest BCUT2D eigenvalue weighted by atomic mass is 9.94. The van der Waals surface area contributed by atoms with E-state index in [0.717, 1.165) is 26.2 Å². The number of nitrogens with zero attached hydrogens (tertiary/aromatic N) is 2. The minimum absolute atomic E-state index is 0.0850. The molecule has 1 saturated heterocycles. The molecule has 2 heterocycles. The topological polar surface area (TPSA) is 25.2 Å². The standard InChI is InChI=1S/C14H21ClN2O/c1-12(15)13-5-8-16(9-6-13)10-11-17-7-3-2-4-14(17)18/h2-4,7,12-13H,5-6,8-11H2,1H3. The Morgan fingerprint density at radius 1 is 1.33 bits per heavy atom. The molecule has 0 radical (unpaired) electrons. The van der Waals surface area contributed by atoms with Crippen LogP contribution in [0.1, 0.15) is 19.8 Å². The first kappa shape index (κ1) is 13.6. The van der Waals surface area contributed by atoms with Gasteiger partial charge in [0.1, 0.15) is 0 Å². The fourth-order valence-electron chi connectivity index (χ4n) is 2.53. The van der Waals surface area contributed by atoms with E-state index in [2.05, 4.69) is 11.8 Å². The van der Waals surface area contributed by atoms with Gasteiger partial charge in [-0.1, -0.05) is 6.07 Å². The second kappa shape index (κ2) is 6.39. The van der Waals surface area contributed by atoms with Crippen molar-refractivity contribution in [1.82, 2.24) is 9.47 Å². The van der Waals surface area contributed by atoms with Gasteiger partial charge in [0, 0.05) is 30.7 Å². The number of likely N-dealkylation sites (tertiary alicyclic amines) is 1. The largest absolute Gasteiger partial charge is 0.314 e. The maximum atomic E-state index is 11.6. The summed E-state index contributed by atoms with van der Waals surface area (Å²) >= 11 is 6.13. The van der Waals surface area contributed by atoms with Crippen molar-refractivity contribution < 1.29 is 0 Å². The van der Waals surface area contributed by atoms with E-state index in [4.69, 9.17) is 11.6 Å². The first-order chi connectivity index (χ1) is 8.66. The third kappa shape index (κ3) is 3.59. The van der Waals surface area contributed by atoms with Gasteiger partial charge >= 0.3 is 0 Å². The number of rotatable bonds is 4. The predicted molar refractivity (Wildman–Crippen MR) is 75.2 cm³/mol. The van der Waals surface area contributed by atoms with Gasteiger partial charge in [-0.3, -0.25) is 4.79 Å². The van der Waals surface area contributed by atoms with Crippen LogP contribution in [0.5, 0.6) is 0 Å². The number of piperidine rings is 1. The quantitative estimate of drug-likeness (QED) is 0.782. The van der Waals surface area contributed by atoms with Crippen molar-refractivity contribution in [1.29, 1.82) is 0 Å². The molecular weight excluding hydrogens is 248 g/mol. The second-order valence-corrected chi connectivity index (χ2v) is 5.78. The summed E-state index contributed by atoms with van der Waals surface area (Å²) in [5.41, 5.74) is 0.0850. The number of pyridine rings is 1. The van der Waals surface area contributed by atoms with Crippen LogP contribution in [-0.4, -0.2) is 34.5 Å². The van der Waals surface area contributed by atoms with Gasteiger partial charge in [0.15, 0.2) is 0 Å². The molecule has 0 bridgehead atoms. The van der Waals surface area contributed by atoms with Crippen LogP contribution in [0.2, 0.25) is 0 Å². The van der Waals surface area contributed by atoms with Crippen LogP contribution in [-0.2, 0) is 6.54 Å². The van der Waals surface area contributed by atoms with E-state index in [9.17, 15) is 4.79 Å². The fourth-order valence-corrected chi connectivity index (χ4v) is 2.78. The monoisotopic (exact) mass is 268 g/mol. The third-order valence-corrected chi connectivity index (χ3v) is 4.19. The smallest absolute Gasteiger partial charge is 0.250 e. The van der Waals surface area contributed by atoms with Gasteiger partial charge in [-0.05, 0) is 44.8 Å². The molecule has 0 aromatic carbocycles. The lowest BCUT2D eigenvalue weighted by molar-refractivity contribution is 0.177. The van der Waals surface area contributed by atoms with Gasteiger partial charge in [0.2, 0.25) is 0 Å². The molecule has 1 aromatic rings. The molecule has 1 unspecified atom stereocenters. The summed E-state index contributed by atoms with van der Waals surface area (Å²) in [5, 5.41) is 0.281. The number of hydrogen-bond acceptors (Lipinski definition) is 2. The molecule has 0 saturated carbocycles. The van der Waals surface area contributed by atoms with Crippen molar-refractivity contribution in [2.45, 2.75) is 31.7 Å². The SMILES string of the molecule is CC(Cl)C1CCN(CCn2ccccc2=O)CC1. The van der Waals surface area contributed by atoms with Crippen LogP contribution in [0.25, 0.3) is 0 Å². The fraction of sp³-hybridized carbons (Fsp3) is 0.643. The molecule has 0 N–H and O–H groups in total. The molecule has 0 spiro atoms. The van der Waals surface area contributed by atoms with E-state index in [-0.39, 0.29) is 10.9 Å². The minimum Gasteiger partial charge on any atom is -0.314 e. The van der Waals surface area contributed by atoms with E-state index in [1.807, 2.05) is 12.3 Å². The molecule has 1 aromatic heterocycles. The van der Waals surface area contributed by atoms with Crippen molar-refractivity contribution in [2.24, 2.45) is 5.92 Å². The van der Waals surface area contributed by atoms with Crippen LogP contribution in [0.3, 0.4) is 0 Å². The highest BCUT2D eigenvalue weighted by Gasteiger charge is 2.22. The van der Waals surface area contributed by atoms with E-state index in [1.165, 1.54) is 12.8 Å². The lowest BCUT2D eigenvalue weighted by Crippen LogP contribution is -2.38. The molecule has 18 heavy (non-hydrogen) atoms. The molecule has 3 nitrogen and oxygen atoms in total. The van der Waals surface area contributed by atoms with E-state index in [0.29, 0.717) is 5.92 Å². The van der Waals surface area contributed by atoms with Gasteiger partial charge in [-0.2, -0.15) is 0 Å². The molecule has 1 atom stereocenters. The molecule has 4 heteroatoms. The molecule has 0 aliphatic carbocycles. The summed E-state index contributed by atoms with van der Waals surface area (Å²) in [6, 6.07) is 5.30. The van der Waals surface area contributed by atoms with Crippen molar-refractivity contribution in [3.05, 3.63) is 34.7 Å². The Kier molecular flexibility index (Phi) is 4.84. The number of hydrogen-bond donors (Lipinski definition) is 0. The van der Waals surface area contributed by atoms with Crippen molar-refractivity contribution in [3.63, 3.8) is 0 Å². The highest BCUT2D eigenvalue weighted by atomic mass is 35.5. The second-order valence-electron chi connectivity index (χ2n) is 5.09. The maximum absolute atomic E-state index is 11.6. The van der Waals surface area contributed by atoms with Crippen LogP contribution in [0, 0.1) is 5.92 Å². The minimum atomic E-state index is 0.0850. The summed E-state index contributed by atoms with van der Waals surface area (Å²) in [7, 11) is 0. The van der Waals surface area contributed by atoms with Gasteiger partial charge in [-0.25, -0.2) is 0 Å². The van der Waals surface area contributed by atoms with E-state index < -0.39 is 0 Å². The first-order valence-corrected chi connectivity index (χ1v) is 7.12. The lowest BCUT2D eigenvalue weighted by Gasteiger charge is -2.33. The molecule has 2 rings (SSSR count). The number of alkyl halides is 1. The van der Waals surface area contributed by atoms with Gasteiger partial charge in [0.05, 0.1) is 0 Å². The Labute approximate surface area is 113 Å². The zero-order chi connectivity index (χ0) is 13.0. The van der Waals surface area contributed by atoms with Gasteiger partial charge in [-0.15, -0.1) is 11.6 Å². The van der Waals surface area contributed by atoms with Crippen molar-refractivity contribution in [3.8, 4) is 0 Å². The molecule has 0 amide bonds. The predicted octanol–water partition coefficient (Wildman–Crippen LogP) is 2.19. The summed E-state index contributed by atoms with van der Waals surface area (Å²) in [4.78, 5) is 14.0. The average molecular weight is 269 g/mol. The molecular formula is C14H21ClN2O.